The molecule has 0 bridgehead atoms. The van der Waals surface area contributed by atoms with Gasteiger partial charge in [0.2, 0.25) is 0 Å². The van der Waals surface area contributed by atoms with Gasteiger partial charge in [-0.05, 0) is 30.3 Å². The van der Waals surface area contributed by atoms with Crippen molar-refractivity contribution in [3.8, 4) is 11.5 Å². The maximum atomic E-state index is 13.0. The second kappa shape index (κ2) is 7.98. The van der Waals surface area contributed by atoms with Crippen molar-refractivity contribution in [1.29, 1.82) is 0 Å². The maximum absolute atomic E-state index is 13.0. The molecular formula is C23H22N6O2. The van der Waals surface area contributed by atoms with Gasteiger partial charge in [0.05, 0.1) is 11.4 Å². The van der Waals surface area contributed by atoms with Gasteiger partial charge < -0.3 is 5.32 Å². The number of nitrogens with one attached hydrogen (secondary N) is 1. The number of benzene rings is 1. The van der Waals surface area contributed by atoms with Crippen LogP contribution in [0.1, 0.15) is 37.0 Å². The first kappa shape index (κ1) is 20.2. The Bertz CT molecular complexity index is 1270. The third-order valence-corrected chi connectivity index (χ3v) is 4.62. The van der Waals surface area contributed by atoms with E-state index in [1.54, 1.807) is 35.1 Å². The van der Waals surface area contributed by atoms with Crippen molar-refractivity contribution in [3.05, 3.63) is 94.7 Å². The fraction of sp³-hybridized carbons (Fsp3) is 0.174. The number of aromatic nitrogens is 5. The number of nitrogens with zero attached hydrogens (tertiary/aromatic N) is 5. The number of amides is 1. The molecule has 0 aliphatic heterocycles. The van der Waals surface area contributed by atoms with E-state index in [2.05, 4.69) is 20.5 Å². The second-order valence-corrected chi connectivity index (χ2v) is 8.02. The molecule has 0 radical (unpaired) electrons. The van der Waals surface area contributed by atoms with Crippen LogP contribution in [0, 0.1) is 0 Å². The van der Waals surface area contributed by atoms with Crippen LogP contribution in [-0.4, -0.2) is 30.5 Å². The Kier molecular flexibility index (Phi) is 5.21. The molecule has 1 amide bonds. The van der Waals surface area contributed by atoms with Crippen LogP contribution < -0.4 is 10.9 Å². The lowest BCUT2D eigenvalue weighted by Crippen LogP contribution is -2.25. The van der Waals surface area contributed by atoms with Gasteiger partial charge in [0.1, 0.15) is 11.5 Å². The predicted molar refractivity (Wildman–Crippen MR) is 118 cm³/mol. The summed E-state index contributed by atoms with van der Waals surface area (Å²) >= 11 is 0. The molecule has 8 nitrogen and oxygen atoms in total. The summed E-state index contributed by atoms with van der Waals surface area (Å²) in [4.78, 5) is 29.6. The highest BCUT2D eigenvalue weighted by Gasteiger charge is 2.22. The van der Waals surface area contributed by atoms with Crippen LogP contribution in [0.5, 0.6) is 0 Å². The van der Waals surface area contributed by atoms with Crippen LogP contribution in [0.2, 0.25) is 0 Å². The number of hydrogen-bond acceptors (Lipinski definition) is 5. The SMILES string of the molecule is CC(C)(C)c1cc(NC(=O)c2ccc(=O)n(-c3ccccc3)n2)n(-c2ccccn2)n1. The van der Waals surface area contributed by atoms with Crippen molar-refractivity contribution in [2.75, 3.05) is 5.32 Å². The third kappa shape index (κ3) is 4.28. The third-order valence-electron chi connectivity index (χ3n) is 4.62. The number of hydrogen-bond donors (Lipinski definition) is 1. The maximum Gasteiger partial charge on any atom is 0.277 e. The molecule has 1 N–H and O–H groups in total. The zero-order chi connectivity index (χ0) is 22.0. The van der Waals surface area contributed by atoms with Crippen LogP contribution in [-0.2, 0) is 5.41 Å². The summed E-state index contributed by atoms with van der Waals surface area (Å²) in [5.41, 5.74) is 0.940. The molecule has 0 fully saturated rings. The molecule has 1 aromatic carbocycles. The zero-order valence-electron chi connectivity index (χ0n) is 17.5. The minimum absolute atomic E-state index is 0.106. The largest absolute Gasteiger partial charge is 0.305 e. The molecule has 4 aromatic rings. The topological polar surface area (TPSA) is 94.7 Å². The lowest BCUT2D eigenvalue weighted by atomic mass is 9.92. The highest BCUT2D eigenvalue weighted by molar-refractivity contribution is 6.02. The molecule has 4 rings (SSSR count). The molecule has 3 heterocycles. The molecule has 31 heavy (non-hydrogen) atoms. The summed E-state index contributed by atoms with van der Waals surface area (Å²) in [6.45, 7) is 6.13. The number of carbonyl (C=O) groups excluding carboxylic acids is 1. The first-order chi connectivity index (χ1) is 14.8. The summed E-state index contributed by atoms with van der Waals surface area (Å²) in [7, 11) is 0. The highest BCUT2D eigenvalue weighted by Crippen LogP contribution is 2.26. The molecule has 0 saturated heterocycles. The van der Waals surface area contributed by atoms with E-state index >= 15 is 0 Å². The average Bonchev–Trinajstić information content (AvgIpc) is 3.19. The van der Waals surface area contributed by atoms with Gasteiger partial charge in [-0.2, -0.15) is 19.6 Å². The Hall–Kier alpha value is -4.07. The molecular weight excluding hydrogens is 392 g/mol. The van der Waals surface area contributed by atoms with Crippen LogP contribution in [0.3, 0.4) is 0 Å². The molecule has 0 aliphatic rings. The number of rotatable bonds is 4. The van der Waals surface area contributed by atoms with Crippen molar-refractivity contribution in [3.63, 3.8) is 0 Å². The fourth-order valence-corrected chi connectivity index (χ4v) is 2.96. The molecule has 156 valence electrons. The zero-order valence-corrected chi connectivity index (χ0v) is 17.5. The average molecular weight is 414 g/mol. The number of anilines is 1. The van der Waals surface area contributed by atoms with E-state index in [4.69, 9.17) is 0 Å². The van der Waals surface area contributed by atoms with Crippen molar-refractivity contribution in [2.45, 2.75) is 26.2 Å². The van der Waals surface area contributed by atoms with E-state index < -0.39 is 5.91 Å². The highest BCUT2D eigenvalue weighted by atomic mass is 16.2. The normalized spacial score (nSPS) is 11.3. The van der Waals surface area contributed by atoms with Crippen LogP contribution >= 0.6 is 0 Å². The molecule has 0 spiro atoms. The Balaban J connectivity index is 1.71. The van der Waals surface area contributed by atoms with Gasteiger partial charge in [-0.1, -0.05) is 45.0 Å². The molecule has 0 unspecified atom stereocenters. The smallest absolute Gasteiger partial charge is 0.277 e. The van der Waals surface area contributed by atoms with Crippen LogP contribution in [0.4, 0.5) is 5.82 Å². The van der Waals surface area contributed by atoms with Gasteiger partial charge in [-0.15, -0.1) is 0 Å². The lowest BCUT2D eigenvalue weighted by molar-refractivity contribution is 0.102. The number of para-hydroxylation sites is 1. The summed E-state index contributed by atoms with van der Waals surface area (Å²) in [6, 6.07) is 19.0. The fourth-order valence-electron chi connectivity index (χ4n) is 2.96. The van der Waals surface area contributed by atoms with Crippen molar-refractivity contribution in [2.24, 2.45) is 0 Å². The molecule has 8 heteroatoms. The van der Waals surface area contributed by atoms with Gasteiger partial charge in [0.25, 0.3) is 11.5 Å². The van der Waals surface area contributed by atoms with Crippen LogP contribution in [0.15, 0.2) is 77.7 Å². The number of carbonyl (C=O) groups is 1. The van der Waals surface area contributed by atoms with Crippen molar-refractivity contribution in [1.82, 2.24) is 24.5 Å². The second-order valence-electron chi connectivity index (χ2n) is 8.02. The van der Waals surface area contributed by atoms with E-state index in [0.29, 0.717) is 17.3 Å². The van der Waals surface area contributed by atoms with E-state index in [9.17, 15) is 9.59 Å². The molecule has 0 saturated carbocycles. The van der Waals surface area contributed by atoms with Gasteiger partial charge in [-0.25, -0.2) is 4.98 Å². The minimum atomic E-state index is -0.456. The lowest BCUT2D eigenvalue weighted by Gasteiger charge is -2.13. The predicted octanol–water partition coefficient (Wildman–Crippen LogP) is 3.36. The van der Waals surface area contributed by atoms with E-state index in [1.165, 1.54) is 16.8 Å². The summed E-state index contributed by atoms with van der Waals surface area (Å²) in [5, 5.41) is 11.7. The Morgan fingerprint density at radius 2 is 1.65 bits per heavy atom. The van der Waals surface area contributed by atoms with E-state index in [0.717, 1.165) is 5.69 Å². The quantitative estimate of drug-likeness (QED) is 0.553. The Morgan fingerprint density at radius 1 is 0.903 bits per heavy atom. The summed E-state index contributed by atoms with van der Waals surface area (Å²) in [5.74, 6) is 0.589. The standard InChI is InChI=1S/C23H22N6O2/c1-23(2,3)18-15-20(29(27-18)19-11-7-8-14-24-19)25-22(31)17-12-13-21(30)28(26-17)16-9-5-4-6-10-16/h4-15H,1-3H3,(H,25,31). The minimum Gasteiger partial charge on any atom is -0.305 e. The molecule has 3 aromatic heterocycles. The van der Waals surface area contributed by atoms with Crippen molar-refractivity contribution < 1.29 is 4.79 Å². The van der Waals surface area contributed by atoms with E-state index in [1.807, 2.05) is 51.1 Å². The van der Waals surface area contributed by atoms with Gasteiger partial charge in [0.15, 0.2) is 5.82 Å². The van der Waals surface area contributed by atoms with Crippen LogP contribution in [0.25, 0.3) is 11.5 Å². The summed E-state index contributed by atoms with van der Waals surface area (Å²) in [6.07, 6.45) is 1.66. The van der Waals surface area contributed by atoms with Gasteiger partial charge in [0, 0.05) is 23.7 Å². The van der Waals surface area contributed by atoms with Gasteiger partial charge >= 0.3 is 0 Å². The first-order valence-corrected chi connectivity index (χ1v) is 9.82. The van der Waals surface area contributed by atoms with Crippen molar-refractivity contribution >= 4 is 11.7 Å². The number of pyridine rings is 1. The molecule has 0 aliphatic carbocycles. The Labute approximate surface area is 179 Å². The van der Waals surface area contributed by atoms with E-state index in [-0.39, 0.29) is 16.7 Å². The van der Waals surface area contributed by atoms with Gasteiger partial charge in [-0.3, -0.25) is 9.59 Å². The monoisotopic (exact) mass is 414 g/mol. The Morgan fingerprint density at radius 3 is 2.32 bits per heavy atom. The molecule has 0 atom stereocenters. The first-order valence-electron chi connectivity index (χ1n) is 9.82. The summed E-state index contributed by atoms with van der Waals surface area (Å²) < 4.78 is 2.79.